The number of fused-ring (bicyclic) bond motifs is 5. The molecule has 2 aliphatic rings. The SMILES string of the molecule is COc1ccc(-n2[nH]c3c(c2=O)C2CCC3(C)C2(C)C)cc1. The Morgan fingerprint density at radius 2 is 1.91 bits per heavy atom. The number of hydrogen-bond acceptors (Lipinski definition) is 2. The Morgan fingerprint density at radius 3 is 2.50 bits per heavy atom. The van der Waals surface area contributed by atoms with E-state index < -0.39 is 0 Å². The summed E-state index contributed by atoms with van der Waals surface area (Å²) < 4.78 is 6.88. The molecule has 0 saturated heterocycles. The van der Waals surface area contributed by atoms with Gasteiger partial charge in [-0.25, -0.2) is 4.68 Å². The van der Waals surface area contributed by atoms with Gasteiger partial charge in [0.05, 0.1) is 12.8 Å². The summed E-state index contributed by atoms with van der Waals surface area (Å²) >= 11 is 0. The lowest BCUT2D eigenvalue weighted by molar-refractivity contribution is 0.224. The molecule has 2 aliphatic carbocycles. The Kier molecular flexibility index (Phi) is 2.52. The first-order valence-electron chi connectivity index (χ1n) is 7.90. The monoisotopic (exact) mass is 298 g/mol. The summed E-state index contributed by atoms with van der Waals surface area (Å²) in [6.45, 7) is 6.90. The highest BCUT2D eigenvalue weighted by atomic mass is 16.5. The predicted molar refractivity (Wildman–Crippen MR) is 86.0 cm³/mol. The van der Waals surface area contributed by atoms with Crippen molar-refractivity contribution in [2.24, 2.45) is 5.41 Å². The summed E-state index contributed by atoms with van der Waals surface area (Å²) in [5.74, 6) is 1.17. The van der Waals surface area contributed by atoms with Crippen LogP contribution in [-0.4, -0.2) is 16.9 Å². The van der Waals surface area contributed by atoms with Gasteiger partial charge in [0.15, 0.2) is 0 Å². The van der Waals surface area contributed by atoms with Crippen LogP contribution in [0.5, 0.6) is 5.75 Å². The number of H-pyrrole nitrogens is 1. The summed E-state index contributed by atoms with van der Waals surface area (Å²) in [7, 11) is 1.64. The van der Waals surface area contributed by atoms with Gasteiger partial charge in [-0.3, -0.25) is 9.89 Å². The van der Waals surface area contributed by atoms with Crippen LogP contribution in [0.2, 0.25) is 0 Å². The molecule has 22 heavy (non-hydrogen) atoms. The van der Waals surface area contributed by atoms with Crippen molar-refractivity contribution < 1.29 is 4.74 Å². The first-order chi connectivity index (χ1) is 10.4. The van der Waals surface area contributed by atoms with Crippen LogP contribution >= 0.6 is 0 Å². The van der Waals surface area contributed by atoms with E-state index in [0.717, 1.165) is 35.5 Å². The fourth-order valence-electron chi connectivity index (χ4n) is 4.56. The van der Waals surface area contributed by atoms with Crippen LogP contribution in [-0.2, 0) is 5.41 Å². The number of aromatic amines is 1. The molecule has 1 N–H and O–H groups in total. The summed E-state index contributed by atoms with van der Waals surface area (Å²) in [5, 5.41) is 3.41. The van der Waals surface area contributed by atoms with Crippen LogP contribution in [0.25, 0.3) is 5.69 Å². The molecule has 1 fully saturated rings. The van der Waals surface area contributed by atoms with E-state index in [1.807, 2.05) is 24.3 Å². The van der Waals surface area contributed by atoms with Crippen LogP contribution in [0.15, 0.2) is 29.1 Å². The van der Waals surface area contributed by atoms with Crippen LogP contribution in [0.1, 0.15) is 50.8 Å². The minimum Gasteiger partial charge on any atom is -0.497 e. The van der Waals surface area contributed by atoms with Crippen molar-refractivity contribution >= 4 is 0 Å². The zero-order valence-corrected chi connectivity index (χ0v) is 13.6. The quantitative estimate of drug-likeness (QED) is 0.924. The van der Waals surface area contributed by atoms with Crippen LogP contribution in [0.4, 0.5) is 0 Å². The fourth-order valence-corrected chi connectivity index (χ4v) is 4.56. The highest BCUT2D eigenvalue weighted by molar-refractivity contribution is 5.47. The molecular formula is C18H22N2O2. The van der Waals surface area contributed by atoms with Gasteiger partial charge < -0.3 is 4.74 Å². The van der Waals surface area contributed by atoms with Gasteiger partial charge in [0.2, 0.25) is 0 Å². The Hall–Kier alpha value is -1.97. The van der Waals surface area contributed by atoms with E-state index in [1.165, 1.54) is 0 Å². The maximum absolute atomic E-state index is 12.9. The van der Waals surface area contributed by atoms with Crippen molar-refractivity contribution in [1.29, 1.82) is 0 Å². The first kappa shape index (κ1) is 13.7. The second-order valence-corrected chi connectivity index (χ2v) is 7.38. The minimum absolute atomic E-state index is 0.0733. The third kappa shape index (κ3) is 1.40. The number of nitrogens with zero attached hydrogens (tertiary/aromatic N) is 1. The highest BCUT2D eigenvalue weighted by Gasteiger charge is 2.61. The van der Waals surface area contributed by atoms with E-state index in [4.69, 9.17) is 4.74 Å². The largest absolute Gasteiger partial charge is 0.497 e. The topological polar surface area (TPSA) is 47.0 Å². The average Bonchev–Trinajstić information content (AvgIpc) is 3.02. The van der Waals surface area contributed by atoms with Gasteiger partial charge in [0.1, 0.15) is 5.75 Å². The lowest BCUT2D eigenvalue weighted by Gasteiger charge is -2.34. The highest BCUT2D eigenvalue weighted by Crippen LogP contribution is 2.66. The van der Waals surface area contributed by atoms with Crippen molar-refractivity contribution in [2.45, 2.75) is 44.9 Å². The molecule has 0 radical (unpaired) electrons. The average molecular weight is 298 g/mol. The van der Waals surface area contributed by atoms with Crippen molar-refractivity contribution in [3.05, 3.63) is 45.9 Å². The number of aromatic nitrogens is 2. The van der Waals surface area contributed by atoms with Gasteiger partial charge in [-0.05, 0) is 48.4 Å². The molecule has 2 aromatic rings. The number of methoxy groups -OCH3 is 1. The van der Waals surface area contributed by atoms with Crippen LogP contribution in [0, 0.1) is 5.41 Å². The molecule has 0 amide bonds. The van der Waals surface area contributed by atoms with E-state index in [2.05, 4.69) is 25.9 Å². The number of rotatable bonds is 2. The van der Waals surface area contributed by atoms with Gasteiger partial charge in [0.25, 0.3) is 5.56 Å². The lowest BCUT2D eigenvalue weighted by atomic mass is 9.70. The predicted octanol–water partition coefficient (Wildman–Crippen LogP) is 3.35. The van der Waals surface area contributed by atoms with Gasteiger partial charge >= 0.3 is 0 Å². The maximum atomic E-state index is 12.9. The molecule has 0 aliphatic heterocycles. The molecule has 1 aromatic heterocycles. The Balaban J connectivity index is 1.87. The third-order valence-corrected chi connectivity index (χ3v) is 6.38. The van der Waals surface area contributed by atoms with E-state index in [9.17, 15) is 4.79 Å². The summed E-state index contributed by atoms with van der Waals surface area (Å²) in [4.78, 5) is 12.9. The van der Waals surface area contributed by atoms with Gasteiger partial charge in [-0.1, -0.05) is 20.8 Å². The molecular weight excluding hydrogens is 276 g/mol. The van der Waals surface area contributed by atoms with Gasteiger partial charge in [-0.2, -0.15) is 0 Å². The van der Waals surface area contributed by atoms with Crippen molar-refractivity contribution in [3.63, 3.8) is 0 Å². The van der Waals surface area contributed by atoms with E-state index >= 15 is 0 Å². The summed E-state index contributed by atoms with van der Waals surface area (Å²) in [6.07, 6.45) is 2.27. The molecule has 1 aromatic carbocycles. The number of ether oxygens (including phenoxy) is 1. The van der Waals surface area contributed by atoms with Crippen LogP contribution < -0.4 is 10.3 Å². The maximum Gasteiger partial charge on any atom is 0.274 e. The molecule has 2 atom stereocenters. The lowest BCUT2D eigenvalue weighted by Crippen LogP contribution is -2.33. The minimum atomic E-state index is 0.0733. The van der Waals surface area contributed by atoms with E-state index in [-0.39, 0.29) is 16.4 Å². The van der Waals surface area contributed by atoms with Gasteiger partial charge in [0, 0.05) is 16.7 Å². The molecule has 4 nitrogen and oxygen atoms in total. The molecule has 4 heteroatoms. The standard InChI is InChI=1S/C18H22N2O2/c1-17(2)13-9-10-18(17,3)15-14(13)16(21)20(19-15)11-5-7-12(22-4)8-6-11/h5-8,13,19H,9-10H2,1-4H3. The van der Waals surface area contributed by atoms with Gasteiger partial charge in [-0.15, -0.1) is 0 Å². The molecule has 4 rings (SSSR count). The Labute approximate surface area is 130 Å². The number of benzene rings is 1. The number of hydrogen-bond donors (Lipinski definition) is 1. The van der Waals surface area contributed by atoms with E-state index in [0.29, 0.717) is 5.92 Å². The Morgan fingerprint density at radius 1 is 1.23 bits per heavy atom. The van der Waals surface area contributed by atoms with Crippen LogP contribution in [0.3, 0.4) is 0 Å². The number of nitrogens with one attached hydrogen (secondary N) is 1. The molecule has 116 valence electrons. The van der Waals surface area contributed by atoms with E-state index in [1.54, 1.807) is 11.8 Å². The fraction of sp³-hybridized carbons (Fsp3) is 0.500. The van der Waals surface area contributed by atoms with Crippen molar-refractivity contribution in [3.8, 4) is 11.4 Å². The smallest absolute Gasteiger partial charge is 0.274 e. The second-order valence-electron chi connectivity index (χ2n) is 7.38. The first-order valence-corrected chi connectivity index (χ1v) is 7.90. The summed E-state index contributed by atoms with van der Waals surface area (Å²) in [6, 6.07) is 7.60. The summed E-state index contributed by atoms with van der Waals surface area (Å²) in [5.41, 5.74) is 3.36. The Bertz CT molecular complexity index is 797. The molecule has 2 bridgehead atoms. The molecule has 0 spiro atoms. The third-order valence-electron chi connectivity index (χ3n) is 6.38. The second kappa shape index (κ2) is 4.06. The molecule has 2 unspecified atom stereocenters. The zero-order chi connectivity index (χ0) is 15.7. The normalized spacial score (nSPS) is 27.9. The molecule has 1 heterocycles. The van der Waals surface area contributed by atoms with Crippen molar-refractivity contribution in [2.75, 3.05) is 7.11 Å². The van der Waals surface area contributed by atoms with Crippen molar-refractivity contribution in [1.82, 2.24) is 9.78 Å². The molecule has 1 saturated carbocycles. The zero-order valence-electron chi connectivity index (χ0n) is 13.6.